The molecule has 0 radical (unpaired) electrons. The smallest absolute Gasteiger partial charge is 0.416 e. The van der Waals surface area contributed by atoms with Crippen molar-refractivity contribution >= 4 is 29.7 Å². The van der Waals surface area contributed by atoms with Gasteiger partial charge in [0.25, 0.3) is 0 Å². The molecule has 4 rings (SSSR count). The van der Waals surface area contributed by atoms with E-state index in [2.05, 4.69) is 25.7 Å². The van der Waals surface area contributed by atoms with Crippen molar-refractivity contribution in [1.82, 2.24) is 4.90 Å². The van der Waals surface area contributed by atoms with Crippen molar-refractivity contribution in [3.8, 4) is 5.75 Å². The number of piperazine rings is 1. The molecule has 0 saturated carbocycles. The number of carbonyl (C=O) groups excluding carboxylic acids is 1. The first-order chi connectivity index (χ1) is 16.0. The maximum atomic E-state index is 13.5. The first kappa shape index (κ1) is 27.1. The zero-order valence-electron chi connectivity index (χ0n) is 20.6. The van der Waals surface area contributed by atoms with Crippen molar-refractivity contribution in [1.29, 1.82) is 0 Å². The Morgan fingerprint density at radius 1 is 1.09 bits per heavy atom. The quantitative estimate of drug-likeness (QED) is 0.537. The summed E-state index contributed by atoms with van der Waals surface area (Å²) in [6.45, 7) is 9.02. The molecule has 1 saturated heterocycles. The van der Waals surface area contributed by atoms with Crippen molar-refractivity contribution in [2.24, 2.45) is 0 Å². The Morgan fingerprint density at radius 3 is 2.40 bits per heavy atom. The monoisotopic (exact) mass is 511 g/mol. The van der Waals surface area contributed by atoms with Gasteiger partial charge in [-0.3, -0.25) is 9.69 Å². The summed E-state index contributed by atoms with van der Waals surface area (Å²) >= 11 is 0. The van der Waals surface area contributed by atoms with Crippen LogP contribution in [0.2, 0.25) is 0 Å². The lowest BCUT2D eigenvalue weighted by atomic mass is 9.80. The lowest BCUT2D eigenvalue weighted by Gasteiger charge is -2.47. The zero-order chi connectivity index (χ0) is 24.7. The second-order valence-electron chi connectivity index (χ2n) is 9.88. The number of halogens is 4. The number of anilines is 2. The summed E-state index contributed by atoms with van der Waals surface area (Å²) in [6, 6.07) is 11.3. The number of nitrogens with zero attached hydrogens (tertiary/aromatic N) is 3. The molecule has 2 aliphatic rings. The first-order valence-corrected chi connectivity index (χ1v) is 11.6. The lowest BCUT2D eigenvalue weighted by Crippen LogP contribution is -2.56. The Morgan fingerprint density at radius 2 is 1.77 bits per heavy atom. The highest BCUT2D eigenvalue weighted by Gasteiger charge is 2.40. The summed E-state index contributed by atoms with van der Waals surface area (Å²) in [6.07, 6.45) is -3.51. The number of ether oxygens (including phenoxy) is 1. The van der Waals surface area contributed by atoms with Gasteiger partial charge in [-0.15, -0.1) is 12.4 Å². The van der Waals surface area contributed by atoms with E-state index in [-0.39, 0.29) is 30.4 Å². The number of fused-ring (bicyclic) bond motifs is 1. The molecule has 35 heavy (non-hydrogen) atoms. The number of amides is 1. The third kappa shape index (κ3) is 5.70. The van der Waals surface area contributed by atoms with Crippen molar-refractivity contribution in [3.05, 3.63) is 53.6 Å². The highest BCUT2D eigenvalue weighted by molar-refractivity contribution is 5.97. The van der Waals surface area contributed by atoms with Gasteiger partial charge in [0, 0.05) is 43.1 Å². The molecule has 0 aliphatic carbocycles. The van der Waals surface area contributed by atoms with Gasteiger partial charge in [-0.2, -0.15) is 13.2 Å². The number of alkyl halides is 3. The topological polar surface area (TPSA) is 36.0 Å². The standard InChI is InChI=1S/C26H32F3N3O2.ClH/c1-18-16-25(2,3)32(23-9-8-21(34-4)15-22(18)23)24(33)17-30-10-12-31(13-11-30)20-7-5-6-19(14-20)26(27,28)29;/h5-9,14-15,18H,10-13,16-17H2,1-4H3;1H. The molecule has 2 aromatic carbocycles. The first-order valence-electron chi connectivity index (χ1n) is 11.6. The molecule has 9 heteroatoms. The van der Waals surface area contributed by atoms with E-state index in [9.17, 15) is 18.0 Å². The van der Waals surface area contributed by atoms with Gasteiger partial charge < -0.3 is 14.5 Å². The van der Waals surface area contributed by atoms with Crippen molar-refractivity contribution in [2.45, 2.75) is 44.8 Å². The summed E-state index contributed by atoms with van der Waals surface area (Å²) in [4.78, 5) is 19.5. The van der Waals surface area contributed by atoms with Gasteiger partial charge in [0.05, 0.1) is 19.2 Å². The molecule has 1 amide bonds. The Kier molecular flexibility index (Phi) is 7.96. The molecule has 192 valence electrons. The van der Waals surface area contributed by atoms with Crippen LogP contribution in [0.4, 0.5) is 24.5 Å². The van der Waals surface area contributed by atoms with Gasteiger partial charge in [0.1, 0.15) is 5.75 Å². The maximum absolute atomic E-state index is 13.5. The van der Waals surface area contributed by atoms with Gasteiger partial charge in [0.2, 0.25) is 5.91 Å². The average Bonchev–Trinajstić information content (AvgIpc) is 2.78. The van der Waals surface area contributed by atoms with E-state index in [1.165, 1.54) is 12.1 Å². The van der Waals surface area contributed by atoms with Crippen LogP contribution in [0, 0.1) is 0 Å². The Balaban J connectivity index is 0.00000342. The van der Waals surface area contributed by atoms with Crippen molar-refractivity contribution < 1.29 is 22.7 Å². The third-order valence-electron chi connectivity index (χ3n) is 6.94. The van der Waals surface area contributed by atoms with E-state index in [1.807, 2.05) is 28.0 Å². The molecule has 0 aromatic heterocycles. The van der Waals surface area contributed by atoms with E-state index in [0.29, 0.717) is 37.8 Å². The second-order valence-corrected chi connectivity index (χ2v) is 9.88. The summed E-state index contributed by atoms with van der Waals surface area (Å²) in [5.41, 5.74) is 1.64. The lowest BCUT2D eigenvalue weighted by molar-refractivity contribution is -0.137. The minimum absolute atomic E-state index is 0. The Bertz CT molecular complexity index is 1050. The summed E-state index contributed by atoms with van der Waals surface area (Å²) < 4.78 is 44.6. The van der Waals surface area contributed by atoms with E-state index in [4.69, 9.17) is 4.74 Å². The summed E-state index contributed by atoms with van der Waals surface area (Å²) in [7, 11) is 1.64. The van der Waals surface area contributed by atoms with Crippen LogP contribution in [0.25, 0.3) is 0 Å². The van der Waals surface area contributed by atoms with Crippen LogP contribution in [0.1, 0.15) is 44.2 Å². The molecular formula is C26H33ClF3N3O2. The van der Waals surface area contributed by atoms with E-state index in [1.54, 1.807) is 13.2 Å². The van der Waals surface area contributed by atoms with Crippen molar-refractivity contribution in [3.63, 3.8) is 0 Å². The second kappa shape index (κ2) is 10.3. The highest BCUT2D eigenvalue weighted by atomic mass is 35.5. The van der Waals surface area contributed by atoms with Gasteiger partial charge in [-0.05, 0) is 68.1 Å². The number of hydrogen-bond donors (Lipinski definition) is 0. The number of hydrogen-bond acceptors (Lipinski definition) is 4. The number of rotatable bonds is 4. The molecule has 5 nitrogen and oxygen atoms in total. The molecular weight excluding hydrogens is 479 g/mol. The zero-order valence-corrected chi connectivity index (χ0v) is 21.4. The van der Waals surface area contributed by atoms with Crippen LogP contribution in [-0.2, 0) is 11.0 Å². The summed E-state index contributed by atoms with van der Waals surface area (Å²) in [5, 5.41) is 0. The third-order valence-corrected chi connectivity index (χ3v) is 6.94. The summed E-state index contributed by atoms with van der Waals surface area (Å²) in [5.74, 6) is 1.12. The van der Waals surface area contributed by atoms with E-state index < -0.39 is 11.7 Å². The number of methoxy groups -OCH3 is 1. The van der Waals surface area contributed by atoms with Gasteiger partial charge in [0.15, 0.2) is 0 Å². The van der Waals surface area contributed by atoms with Gasteiger partial charge in [-0.1, -0.05) is 13.0 Å². The van der Waals surface area contributed by atoms with E-state index in [0.717, 1.165) is 29.5 Å². The fourth-order valence-corrected chi connectivity index (χ4v) is 5.31. The molecule has 0 N–H and O–H groups in total. The largest absolute Gasteiger partial charge is 0.497 e. The minimum atomic E-state index is -4.36. The van der Waals surface area contributed by atoms with Crippen LogP contribution in [-0.4, -0.2) is 56.2 Å². The Labute approximate surface area is 211 Å². The van der Waals surface area contributed by atoms with Crippen LogP contribution < -0.4 is 14.5 Å². The molecule has 2 aliphatic heterocycles. The fraction of sp³-hybridized carbons (Fsp3) is 0.500. The molecule has 1 fully saturated rings. The highest BCUT2D eigenvalue weighted by Crippen LogP contribution is 2.44. The normalized spacial score (nSPS) is 20.1. The Hall–Kier alpha value is -2.45. The average molecular weight is 512 g/mol. The van der Waals surface area contributed by atoms with Crippen LogP contribution in [0.15, 0.2) is 42.5 Å². The van der Waals surface area contributed by atoms with Crippen LogP contribution in [0.3, 0.4) is 0 Å². The van der Waals surface area contributed by atoms with Gasteiger partial charge >= 0.3 is 6.18 Å². The fourth-order valence-electron chi connectivity index (χ4n) is 5.31. The van der Waals surface area contributed by atoms with Crippen LogP contribution in [0.5, 0.6) is 5.75 Å². The minimum Gasteiger partial charge on any atom is -0.497 e. The maximum Gasteiger partial charge on any atom is 0.416 e. The molecule has 1 unspecified atom stereocenters. The van der Waals surface area contributed by atoms with Crippen LogP contribution >= 0.6 is 12.4 Å². The molecule has 2 heterocycles. The molecule has 1 atom stereocenters. The van der Waals surface area contributed by atoms with Crippen molar-refractivity contribution in [2.75, 3.05) is 49.6 Å². The number of carbonyl (C=O) groups is 1. The van der Waals surface area contributed by atoms with Gasteiger partial charge in [-0.25, -0.2) is 0 Å². The predicted octanol–water partition coefficient (Wildman–Crippen LogP) is 5.58. The molecule has 0 bridgehead atoms. The molecule has 0 spiro atoms. The van der Waals surface area contributed by atoms with E-state index >= 15 is 0 Å². The predicted molar refractivity (Wildman–Crippen MR) is 135 cm³/mol. The number of benzene rings is 2. The SMILES string of the molecule is COc1ccc2c(c1)C(C)CC(C)(C)N2C(=O)CN1CCN(c2cccc(C(F)(F)F)c2)CC1.Cl. The molecule has 2 aromatic rings.